The Bertz CT molecular complexity index is 364. The molecule has 0 radical (unpaired) electrons. The first-order valence-electron chi connectivity index (χ1n) is 6.80. The second-order valence-corrected chi connectivity index (χ2v) is 5.72. The van der Waals surface area contributed by atoms with Gasteiger partial charge in [0.2, 0.25) is 0 Å². The minimum atomic E-state index is 0.586. The van der Waals surface area contributed by atoms with Gasteiger partial charge in [-0.2, -0.15) is 0 Å². The van der Waals surface area contributed by atoms with Gasteiger partial charge in [-0.25, -0.2) is 0 Å². The lowest BCUT2D eigenvalue weighted by Gasteiger charge is -2.25. The second-order valence-electron chi connectivity index (χ2n) is 4.86. The van der Waals surface area contributed by atoms with Gasteiger partial charge < -0.3 is 5.32 Å². The molecular weight excluding hydrogens is 288 g/mol. The van der Waals surface area contributed by atoms with Crippen molar-refractivity contribution in [3.05, 3.63) is 33.8 Å². The van der Waals surface area contributed by atoms with Gasteiger partial charge in [-0.3, -0.25) is 4.90 Å². The SMILES string of the molecule is CCNCc1ccc(CN(CC)C(C)C)c(Br)c1. The average molecular weight is 313 g/mol. The van der Waals surface area contributed by atoms with E-state index < -0.39 is 0 Å². The Morgan fingerprint density at radius 1 is 1.28 bits per heavy atom. The van der Waals surface area contributed by atoms with E-state index in [0.717, 1.165) is 26.2 Å². The molecule has 1 aromatic rings. The zero-order valence-corrected chi connectivity index (χ0v) is 13.5. The highest BCUT2D eigenvalue weighted by Gasteiger charge is 2.10. The van der Waals surface area contributed by atoms with Crippen molar-refractivity contribution in [2.24, 2.45) is 0 Å². The van der Waals surface area contributed by atoms with Gasteiger partial charge in [0, 0.05) is 23.6 Å². The van der Waals surface area contributed by atoms with Gasteiger partial charge in [-0.1, -0.05) is 41.9 Å². The number of halogens is 1. The van der Waals surface area contributed by atoms with Crippen molar-refractivity contribution in [3.63, 3.8) is 0 Å². The number of hydrogen-bond acceptors (Lipinski definition) is 2. The smallest absolute Gasteiger partial charge is 0.0247 e. The van der Waals surface area contributed by atoms with Crippen molar-refractivity contribution < 1.29 is 0 Å². The fourth-order valence-electron chi connectivity index (χ4n) is 1.98. The van der Waals surface area contributed by atoms with E-state index in [-0.39, 0.29) is 0 Å². The summed E-state index contributed by atoms with van der Waals surface area (Å²) in [6.07, 6.45) is 0. The molecule has 0 aliphatic carbocycles. The number of benzene rings is 1. The molecule has 1 rings (SSSR count). The molecule has 0 spiro atoms. The highest BCUT2D eigenvalue weighted by Crippen LogP contribution is 2.21. The summed E-state index contributed by atoms with van der Waals surface area (Å²) in [5.41, 5.74) is 2.70. The zero-order chi connectivity index (χ0) is 13.5. The molecule has 0 bridgehead atoms. The molecule has 2 nitrogen and oxygen atoms in total. The van der Waals surface area contributed by atoms with Crippen molar-refractivity contribution in [2.75, 3.05) is 13.1 Å². The number of nitrogens with one attached hydrogen (secondary N) is 1. The summed E-state index contributed by atoms with van der Waals surface area (Å²) in [5.74, 6) is 0. The lowest BCUT2D eigenvalue weighted by molar-refractivity contribution is 0.224. The normalized spacial score (nSPS) is 11.5. The molecule has 1 N–H and O–H groups in total. The maximum Gasteiger partial charge on any atom is 0.0247 e. The first kappa shape index (κ1) is 15.7. The molecule has 0 aliphatic rings. The molecule has 0 unspecified atom stereocenters. The maximum atomic E-state index is 3.69. The summed E-state index contributed by atoms with van der Waals surface area (Å²) in [6, 6.07) is 7.27. The number of hydrogen-bond donors (Lipinski definition) is 1. The summed E-state index contributed by atoms with van der Waals surface area (Å²) in [5, 5.41) is 3.35. The Morgan fingerprint density at radius 3 is 2.50 bits per heavy atom. The van der Waals surface area contributed by atoms with E-state index in [1.807, 2.05) is 0 Å². The Morgan fingerprint density at radius 2 is 2.00 bits per heavy atom. The summed E-state index contributed by atoms with van der Waals surface area (Å²) < 4.78 is 1.22. The van der Waals surface area contributed by atoms with E-state index in [0.29, 0.717) is 6.04 Å². The lowest BCUT2D eigenvalue weighted by atomic mass is 10.1. The van der Waals surface area contributed by atoms with Gasteiger partial charge in [-0.05, 0) is 44.1 Å². The summed E-state index contributed by atoms with van der Waals surface area (Å²) >= 11 is 3.69. The van der Waals surface area contributed by atoms with Crippen LogP contribution in [0.1, 0.15) is 38.8 Å². The van der Waals surface area contributed by atoms with Crippen molar-refractivity contribution in [3.8, 4) is 0 Å². The first-order valence-corrected chi connectivity index (χ1v) is 7.59. The van der Waals surface area contributed by atoms with Crippen LogP contribution in [0.15, 0.2) is 22.7 Å². The van der Waals surface area contributed by atoms with Crippen LogP contribution in [0, 0.1) is 0 Å². The highest BCUT2D eigenvalue weighted by atomic mass is 79.9. The van der Waals surface area contributed by atoms with Crippen LogP contribution >= 0.6 is 15.9 Å². The summed E-state index contributed by atoms with van der Waals surface area (Å²) in [7, 11) is 0. The summed E-state index contributed by atoms with van der Waals surface area (Å²) in [4.78, 5) is 2.46. The van der Waals surface area contributed by atoms with Crippen LogP contribution in [0.3, 0.4) is 0 Å². The Labute approximate surface area is 120 Å². The molecule has 0 heterocycles. The maximum absolute atomic E-state index is 3.69. The molecule has 1 aromatic carbocycles. The number of rotatable bonds is 7. The van der Waals surface area contributed by atoms with Gasteiger partial charge in [0.15, 0.2) is 0 Å². The fourth-order valence-corrected chi connectivity index (χ4v) is 2.53. The Balaban J connectivity index is 2.72. The van der Waals surface area contributed by atoms with E-state index >= 15 is 0 Å². The van der Waals surface area contributed by atoms with Gasteiger partial charge in [-0.15, -0.1) is 0 Å². The molecule has 0 atom stereocenters. The van der Waals surface area contributed by atoms with Crippen molar-refractivity contribution in [1.82, 2.24) is 10.2 Å². The van der Waals surface area contributed by atoms with Crippen LogP contribution < -0.4 is 5.32 Å². The van der Waals surface area contributed by atoms with Gasteiger partial charge in [0.25, 0.3) is 0 Å². The monoisotopic (exact) mass is 312 g/mol. The highest BCUT2D eigenvalue weighted by molar-refractivity contribution is 9.10. The van der Waals surface area contributed by atoms with E-state index in [4.69, 9.17) is 0 Å². The van der Waals surface area contributed by atoms with Crippen LogP contribution in [0.25, 0.3) is 0 Å². The minimum Gasteiger partial charge on any atom is -0.313 e. The molecule has 0 fully saturated rings. The Kier molecular flexibility index (Phi) is 6.90. The van der Waals surface area contributed by atoms with Gasteiger partial charge in [0.05, 0.1) is 0 Å². The molecule has 0 saturated carbocycles. The molecule has 0 aromatic heterocycles. The van der Waals surface area contributed by atoms with Crippen LogP contribution in [0.5, 0.6) is 0 Å². The van der Waals surface area contributed by atoms with Crippen LogP contribution in [-0.2, 0) is 13.1 Å². The van der Waals surface area contributed by atoms with Gasteiger partial charge >= 0.3 is 0 Å². The zero-order valence-electron chi connectivity index (χ0n) is 12.0. The summed E-state index contributed by atoms with van der Waals surface area (Å²) in [6.45, 7) is 12.9. The van der Waals surface area contributed by atoms with Gasteiger partial charge in [0.1, 0.15) is 0 Å². The number of nitrogens with zero attached hydrogens (tertiary/aromatic N) is 1. The third-order valence-electron chi connectivity index (χ3n) is 3.21. The van der Waals surface area contributed by atoms with E-state index in [1.54, 1.807) is 0 Å². The predicted molar refractivity (Wildman–Crippen MR) is 82.7 cm³/mol. The fraction of sp³-hybridized carbons (Fsp3) is 0.600. The van der Waals surface area contributed by atoms with E-state index in [2.05, 4.69) is 72.0 Å². The molecule has 3 heteroatoms. The predicted octanol–water partition coefficient (Wildman–Crippen LogP) is 3.79. The molecule has 0 aliphatic heterocycles. The van der Waals surface area contributed by atoms with Crippen molar-refractivity contribution in [1.29, 1.82) is 0 Å². The first-order chi connectivity index (χ1) is 8.58. The molecule has 0 saturated heterocycles. The van der Waals surface area contributed by atoms with E-state index in [9.17, 15) is 0 Å². The van der Waals surface area contributed by atoms with Crippen molar-refractivity contribution >= 4 is 15.9 Å². The van der Waals surface area contributed by atoms with Crippen LogP contribution in [0.4, 0.5) is 0 Å². The average Bonchev–Trinajstić information content (AvgIpc) is 2.34. The minimum absolute atomic E-state index is 0.586. The largest absolute Gasteiger partial charge is 0.313 e. The molecule has 18 heavy (non-hydrogen) atoms. The lowest BCUT2D eigenvalue weighted by Crippen LogP contribution is -2.30. The van der Waals surface area contributed by atoms with Crippen LogP contribution in [-0.4, -0.2) is 24.0 Å². The molecule has 102 valence electrons. The molecular formula is C15H25BrN2. The topological polar surface area (TPSA) is 15.3 Å². The van der Waals surface area contributed by atoms with Crippen LogP contribution in [0.2, 0.25) is 0 Å². The second kappa shape index (κ2) is 7.93. The van der Waals surface area contributed by atoms with E-state index in [1.165, 1.54) is 15.6 Å². The standard InChI is InChI=1S/C15H25BrN2/c1-5-17-10-13-7-8-14(15(16)9-13)11-18(6-2)12(3)4/h7-9,12,17H,5-6,10-11H2,1-4H3. The third kappa shape index (κ3) is 4.71. The Hall–Kier alpha value is -0.380. The quantitative estimate of drug-likeness (QED) is 0.824. The van der Waals surface area contributed by atoms with Crippen molar-refractivity contribution in [2.45, 2.75) is 46.8 Å². The third-order valence-corrected chi connectivity index (χ3v) is 3.94. The molecule has 0 amide bonds.